The fourth-order valence-electron chi connectivity index (χ4n) is 7.53. The minimum atomic E-state index is 0.714. The predicted molar refractivity (Wildman–Crippen MR) is 221 cm³/mol. The van der Waals surface area contributed by atoms with Crippen molar-refractivity contribution in [1.82, 2.24) is 0 Å². The second-order valence-corrected chi connectivity index (χ2v) is 14.3. The van der Waals surface area contributed by atoms with Crippen molar-refractivity contribution in [2.24, 2.45) is 0 Å². The molecule has 0 unspecified atom stereocenters. The van der Waals surface area contributed by atoms with Crippen LogP contribution in [0, 0.1) is 41.5 Å². The molecule has 0 saturated heterocycles. The van der Waals surface area contributed by atoms with Crippen LogP contribution in [-0.4, -0.2) is 0 Å². The molecule has 3 heteroatoms. The van der Waals surface area contributed by atoms with E-state index in [0.717, 1.165) is 66.8 Å². The van der Waals surface area contributed by atoms with Crippen LogP contribution in [0.4, 0.5) is 17.1 Å². The monoisotopic (exact) mass is 663 g/mol. The van der Waals surface area contributed by atoms with Crippen molar-refractivity contribution in [2.75, 3.05) is 17.2 Å². The van der Waals surface area contributed by atoms with Crippen LogP contribution in [0.1, 0.15) is 33.4 Å². The average Bonchev–Trinajstić information content (AvgIpc) is 3.06. The molecule has 7 aromatic rings. The topological polar surface area (TPSA) is 78.1 Å². The van der Waals surface area contributed by atoms with E-state index >= 15 is 0 Å². The molecule has 0 radical (unpaired) electrons. The van der Waals surface area contributed by atoms with Crippen LogP contribution in [-0.2, 0) is 0 Å². The van der Waals surface area contributed by atoms with Crippen molar-refractivity contribution >= 4 is 17.1 Å². The van der Waals surface area contributed by atoms with Gasteiger partial charge in [-0.2, -0.15) is 0 Å². The van der Waals surface area contributed by atoms with Gasteiger partial charge in [-0.25, -0.2) is 0 Å². The highest BCUT2D eigenvalue weighted by molar-refractivity contribution is 5.92. The Kier molecular flexibility index (Phi) is 8.74. The zero-order chi connectivity index (χ0) is 36.0. The normalized spacial score (nSPS) is 11.2. The lowest BCUT2D eigenvalue weighted by Crippen LogP contribution is -1.96. The molecule has 51 heavy (non-hydrogen) atoms. The summed E-state index contributed by atoms with van der Waals surface area (Å²) in [5.74, 6) is 0. The maximum absolute atomic E-state index is 6.87. The molecule has 0 aliphatic heterocycles. The van der Waals surface area contributed by atoms with Crippen LogP contribution in [0.5, 0.6) is 0 Å². The standard InChI is InChI=1S/C48H45N3/c1-28-13-29(2)17-37(16-28)34-7-10-43(46(49)25-34)40-22-41(44-11-8-35(26-47(44)50)38-18-30(3)14-31(4)19-38)24-42(23-40)45-12-9-36(27-48(45)51)39-20-32(5)15-33(6)21-39/h7-27H,49-51H2,1-6H3. The fraction of sp³-hybridized carbons (Fsp3) is 0.125. The Labute approximate surface area is 302 Å². The summed E-state index contributed by atoms with van der Waals surface area (Å²) in [5, 5.41) is 0. The molecule has 0 fully saturated rings. The molecule has 7 aromatic carbocycles. The molecule has 0 aliphatic rings. The van der Waals surface area contributed by atoms with Gasteiger partial charge in [0, 0.05) is 33.8 Å². The third-order valence-electron chi connectivity index (χ3n) is 9.69. The number of rotatable bonds is 6. The summed E-state index contributed by atoms with van der Waals surface area (Å²) in [6, 6.07) is 45.5. The van der Waals surface area contributed by atoms with Gasteiger partial charge in [0.2, 0.25) is 0 Å². The number of aryl methyl sites for hydroxylation is 6. The largest absolute Gasteiger partial charge is 0.398 e. The molecule has 3 nitrogen and oxygen atoms in total. The van der Waals surface area contributed by atoms with Crippen LogP contribution in [0.25, 0.3) is 66.8 Å². The van der Waals surface area contributed by atoms with Crippen molar-refractivity contribution in [3.63, 3.8) is 0 Å². The molecule has 0 atom stereocenters. The van der Waals surface area contributed by atoms with Gasteiger partial charge < -0.3 is 17.2 Å². The van der Waals surface area contributed by atoms with Crippen molar-refractivity contribution in [2.45, 2.75) is 41.5 Å². The van der Waals surface area contributed by atoms with Crippen molar-refractivity contribution < 1.29 is 0 Å². The minimum Gasteiger partial charge on any atom is -0.398 e. The number of hydrogen-bond acceptors (Lipinski definition) is 3. The first-order chi connectivity index (χ1) is 24.4. The van der Waals surface area contributed by atoms with E-state index < -0.39 is 0 Å². The summed E-state index contributed by atoms with van der Waals surface area (Å²) >= 11 is 0. The van der Waals surface area contributed by atoms with Crippen LogP contribution < -0.4 is 17.2 Å². The zero-order valence-electron chi connectivity index (χ0n) is 30.4. The lowest BCUT2D eigenvalue weighted by Gasteiger charge is -2.17. The van der Waals surface area contributed by atoms with Gasteiger partial charge in [-0.3, -0.25) is 0 Å². The number of benzene rings is 7. The molecule has 0 spiro atoms. The second kappa shape index (κ2) is 13.3. The smallest absolute Gasteiger partial charge is 0.0399 e. The van der Waals surface area contributed by atoms with E-state index in [1.807, 2.05) is 0 Å². The fourth-order valence-corrected chi connectivity index (χ4v) is 7.53. The van der Waals surface area contributed by atoms with Gasteiger partial charge in [-0.15, -0.1) is 0 Å². The van der Waals surface area contributed by atoms with E-state index in [9.17, 15) is 0 Å². The van der Waals surface area contributed by atoms with Gasteiger partial charge in [0.1, 0.15) is 0 Å². The Balaban J connectivity index is 1.36. The Morgan fingerprint density at radius 1 is 0.235 bits per heavy atom. The van der Waals surface area contributed by atoms with Gasteiger partial charge in [-0.05, 0) is 128 Å². The van der Waals surface area contributed by atoms with Crippen molar-refractivity contribution in [3.8, 4) is 66.8 Å². The van der Waals surface area contributed by atoms with Gasteiger partial charge in [0.15, 0.2) is 0 Å². The van der Waals surface area contributed by atoms with Crippen molar-refractivity contribution in [1.29, 1.82) is 0 Å². The molecule has 0 heterocycles. The van der Waals surface area contributed by atoms with E-state index in [-0.39, 0.29) is 0 Å². The van der Waals surface area contributed by atoms with Crippen LogP contribution in [0.2, 0.25) is 0 Å². The molecule has 6 N–H and O–H groups in total. The first kappa shape index (κ1) is 33.4. The van der Waals surface area contributed by atoms with E-state index in [1.165, 1.54) is 33.4 Å². The highest BCUT2D eigenvalue weighted by Gasteiger charge is 2.15. The molecule has 0 amide bonds. The van der Waals surface area contributed by atoms with E-state index in [4.69, 9.17) is 17.2 Å². The average molecular weight is 664 g/mol. The van der Waals surface area contributed by atoms with Gasteiger partial charge >= 0.3 is 0 Å². The Morgan fingerprint density at radius 3 is 0.686 bits per heavy atom. The maximum atomic E-state index is 6.87. The first-order valence-electron chi connectivity index (χ1n) is 17.5. The summed E-state index contributed by atoms with van der Waals surface area (Å²) < 4.78 is 0. The number of nitrogens with two attached hydrogens (primary N) is 3. The maximum Gasteiger partial charge on any atom is 0.0399 e. The van der Waals surface area contributed by atoms with E-state index in [0.29, 0.717) is 17.1 Å². The van der Waals surface area contributed by atoms with Crippen molar-refractivity contribution in [3.05, 3.63) is 161 Å². The van der Waals surface area contributed by atoms with Gasteiger partial charge in [0.05, 0.1) is 0 Å². The number of anilines is 3. The van der Waals surface area contributed by atoms with Gasteiger partial charge in [-0.1, -0.05) is 124 Å². The molecule has 0 saturated carbocycles. The quantitative estimate of drug-likeness (QED) is 0.155. The summed E-state index contributed by atoms with van der Waals surface area (Å²) in [5.41, 5.74) is 42.8. The third kappa shape index (κ3) is 7.02. The van der Waals surface area contributed by atoms with Gasteiger partial charge in [0.25, 0.3) is 0 Å². The van der Waals surface area contributed by atoms with Crippen LogP contribution in [0.15, 0.2) is 127 Å². The molecule has 0 bridgehead atoms. The van der Waals surface area contributed by atoms with E-state index in [2.05, 4.69) is 169 Å². The third-order valence-corrected chi connectivity index (χ3v) is 9.69. The molecular weight excluding hydrogens is 619 g/mol. The van der Waals surface area contributed by atoms with Crippen LogP contribution >= 0.6 is 0 Å². The molecule has 0 aliphatic carbocycles. The highest BCUT2D eigenvalue weighted by atomic mass is 14.6. The Hall–Kier alpha value is -6.06. The predicted octanol–water partition coefficient (Wildman–Crippen LogP) is 12.3. The second-order valence-electron chi connectivity index (χ2n) is 14.3. The Morgan fingerprint density at radius 2 is 0.471 bits per heavy atom. The first-order valence-corrected chi connectivity index (χ1v) is 17.5. The summed E-state index contributed by atoms with van der Waals surface area (Å²) in [4.78, 5) is 0. The molecule has 7 rings (SSSR count). The molecule has 0 aromatic heterocycles. The minimum absolute atomic E-state index is 0.714. The zero-order valence-corrected chi connectivity index (χ0v) is 30.4. The SMILES string of the molecule is Cc1cc(C)cc(-c2ccc(-c3cc(-c4ccc(-c5cc(C)cc(C)c5)cc4N)cc(-c4ccc(-c5cc(C)cc(C)c5)cc4N)c3)c(N)c2)c1. The summed E-state index contributed by atoms with van der Waals surface area (Å²) in [6.07, 6.45) is 0. The molecule has 252 valence electrons. The summed E-state index contributed by atoms with van der Waals surface area (Å²) in [6.45, 7) is 12.8. The highest BCUT2D eigenvalue weighted by Crippen LogP contribution is 2.41. The summed E-state index contributed by atoms with van der Waals surface area (Å²) in [7, 11) is 0. The van der Waals surface area contributed by atoms with E-state index in [1.54, 1.807) is 0 Å². The Bertz CT molecular complexity index is 2120. The number of hydrogen-bond donors (Lipinski definition) is 3. The van der Waals surface area contributed by atoms with Crippen LogP contribution in [0.3, 0.4) is 0 Å². The number of nitrogen functional groups attached to an aromatic ring is 3. The lowest BCUT2D eigenvalue weighted by atomic mass is 9.89. The lowest BCUT2D eigenvalue weighted by molar-refractivity contribution is 1.38. The molecular formula is C48H45N3.